The highest BCUT2D eigenvalue weighted by Crippen LogP contribution is 2.34. The highest BCUT2D eigenvalue weighted by Gasteiger charge is 2.31. The maximum atomic E-state index is 4.70. The molecule has 1 aliphatic carbocycles. The molecule has 0 aromatic carbocycles. The number of hydrogen-bond acceptors (Lipinski definition) is 4. The minimum atomic E-state index is 0.703. The van der Waals surface area contributed by atoms with Crippen LogP contribution in [-0.2, 0) is 0 Å². The molecule has 0 aliphatic heterocycles. The van der Waals surface area contributed by atoms with Gasteiger partial charge in [-0.25, -0.2) is 9.97 Å². The zero-order chi connectivity index (χ0) is 13.8. The quantitative estimate of drug-likeness (QED) is 0.818. The van der Waals surface area contributed by atoms with Crippen LogP contribution in [0.5, 0.6) is 0 Å². The monoisotopic (exact) mass is 262 g/mol. The van der Waals surface area contributed by atoms with Gasteiger partial charge in [-0.05, 0) is 40.0 Å². The molecule has 0 saturated heterocycles. The summed E-state index contributed by atoms with van der Waals surface area (Å²) in [4.78, 5) is 11.7. The molecule has 4 nitrogen and oxygen atoms in total. The van der Waals surface area contributed by atoms with Crippen LogP contribution >= 0.6 is 0 Å². The third-order valence-corrected chi connectivity index (χ3v) is 3.59. The van der Waals surface area contributed by atoms with E-state index in [2.05, 4.69) is 36.0 Å². The normalized spacial score (nSPS) is 14.5. The highest BCUT2D eigenvalue weighted by atomic mass is 15.2. The number of unbranched alkanes of at least 4 members (excludes halogenated alkanes) is 1. The standard InChI is InChI=1S/C15H26N4/c1-5-7-10-19(13-8-9-13)15-11(3)14(16-6-2)17-12(4)18-15/h13H,5-10H2,1-4H3,(H,16,17,18). The minimum Gasteiger partial charge on any atom is -0.370 e. The van der Waals surface area contributed by atoms with E-state index in [0.29, 0.717) is 6.04 Å². The summed E-state index contributed by atoms with van der Waals surface area (Å²) in [5.74, 6) is 2.99. The van der Waals surface area contributed by atoms with E-state index >= 15 is 0 Å². The van der Waals surface area contributed by atoms with Gasteiger partial charge in [0.2, 0.25) is 0 Å². The van der Waals surface area contributed by atoms with E-state index < -0.39 is 0 Å². The molecular weight excluding hydrogens is 236 g/mol. The fraction of sp³-hybridized carbons (Fsp3) is 0.733. The fourth-order valence-electron chi connectivity index (χ4n) is 2.41. The Bertz CT molecular complexity index is 426. The van der Waals surface area contributed by atoms with Crippen molar-refractivity contribution in [1.82, 2.24) is 9.97 Å². The van der Waals surface area contributed by atoms with Gasteiger partial charge < -0.3 is 10.2 Å². The number of hydrogen-bond donors (Lipinski definition) is 1. The van der Waals surface area contributed by atoms with Crippen molar-refractivity contribution in [2.24, 2.45) is 0 Å². The molecule has 1 heterocycles. The molecule has 1 saturated carbocycles. The molecule has 0 spiro atoms. The minimum absolute atomic E-state index is 0.703. The second kappa shape index (κ2) is 6.22. The summed E-state index contributed by atoms with van der Waals surface area (Å²) in [5.41, 5.74) is 1.19. The molecule has 1 aromatic heterocycles. The van der Waals surface area contributed by atoms with Crippen LogP contribution in [0.25, 0.3) is 0 Å². The number of aryl methyl sites for hydroxylation is 1. The van der Waals surface area contributed by atoms with E-state index in [-0.39, 0.29) is 0 Å². The summed E-state index contributed by atoms with van der Waals surface area (Å²) in [7, 11) is 0. The van der Waals surface area contributed by atoms with Gasteiger partial charge in [-0.1, -0.05) is 13.3 Å². The largest absolute Gasteiger partial charge is 0.370 e. The molecule has 1 N–H and O–H groups in total. The highest BCUT2D eigenvalue weighted by molar-refractivity contribution is 5.59. The van der Waals surface area contributed by atoms with Crippen LogP contribution in [0.1, 0.15) is 50.9 Å². The predicted octanol–water partition coefficient (Wildman–Crippen LogP) is 3.29. The van der Waals surface area contributed by atoms with Crippen molar-refractivity contribution >= 4 is 11.6 Å². The number of rotatable bonds is 7. The number of aromatic nitrogens is 2. The van der Waals surface area contributed by atoms with Crippen molar-refractivity contribution < 1.29 is 0 Å². The summed E-state index contributed by atoms with van der Waals surface area (Å²) in [5, 5.41) is 3.35. The van der Waals surface area contributed by atoms with Crippen LogP contribution in [0, 0.1) is 13.8 Å². The van der Waals surface area contributed by atoms with Gasteiger partial charge in [-0.15, -0.1) is 0 Å². The molecule has 1 aliphatic rings. The second-order valence-electron chi connectivity index (χ2n) is 5.38. The molecule has 2 rings (SSSR count). The first kappa shape index (κ1) is 14.1. The van der Waals surface area contributed by atoms with Crippen molar-refractivity contribution in [3.63, 3.8) is 0 Å². The van der Waals surface area contributed by atoms with Crippen LogP contribution < -0.4 is 10.2 Å². The lowest BCUT2D eigenvalue weighted by Crippen LogP contribution is -2.29. The SMILES string of the molecule is CCCCN(c1nc(C)nc(NCC)c1C)C1CC1. The Hall–Kier alpha value is -1.32. The van der Waals surface area contributed by atoms with Gasteiger partial charge in [0.15, 0.2) is 0 Å². The lowest BCUT2D eigenvalue weighted by molar-refractivity contribution is 0.699. The Morgan fingerprint density at radius 1 is 1.21 bits per heavy atom. The number of nitrogens with one attached hydrogen (secondary N) is 1. The Labute approximate surface area is 116 Å². The lowest BCUT2D eigenvalue weighted by Gasteiger charge is -2.26. The average Bonchev–Trinajstić information content (AvgIpc) is 3.20. The van der Waals surface area contributed by atoms with Crippen LogP contribution in [0.15, 0.2) is 0 Å². The molecule has 106 valence electrons. The summed E-state index contributed by atoms with van der Waals surface area (Å²) >= 11 is 0. The molecule has 0 bridgehead atoms. The third kappa shape index (κ3) is 3.37. The molecule has 4 heteroatoms. The van der Waals surface area contributed by atoms with Crippen molar-refractivity contribution in [2.45, 2.75) is 59.4 Å². The van der Waals surface area contributed by atoms with Crippen molar-refractivity contribution in [3.05, 3.63) is 11.4 Å². The van der Waals surface area contributed by atoms with Crippen molar-refractivity contribution in [3.8, 4) is 0 Å². The third-order valence-electron chi connectivity index (χ3n) is 3.59. The van der Waals surface area contributed by atoms with E-state index in [1.807, 2.05) is 6.92 Å². The molecule has 0 amide bonds. The van der Waals surface area contributed by atoms with Crippen LogP contribution in [0.3, 0.4) is 0 Å². The molecule has 0 atom stereocenters. The van der Waals surface area contributed by atoms with Crippen LogP contribution in [0.2, 0.25) is 0 Å². The average molecular weight is 262 g/mol. The van der Waals surface area contributed by atoms with Crippen molar-refractivity contribution in [2.75, 3.05) is 23.3 Å². The van der Waals surface area contributed by atoms with Gasteiger partial charge in [0.1, 0.15) is 17.5 Å². The van der Waals surface area contributed by atoms with E-state index in [1.165, 1.54) is 31.2 Å². The molecule has 19 heavy (non-hydrogen) atoms. The summed E-state index contributed by atoms with van der Waals surface area (Å²) in [6.07, 6.45) is 5.08. The van der Waals surface area contributed by atoms with E-state index in [0.717, 1.165) is 30.5 Å². The first-order chi connectivity index (χ1) is 9.17. The number of nitrogens with zero attached hydrogens (tertiary/aromatic N) is 3. The van der Waals surface area contributed by atoms with Gasteiger partial charge in [0.05, 0.1) is 0 Å². The van der Waals surface area contributed by atoms with Crippen LogP contribution in [0.4, 0.5) is 11.6 Å². The predicted molar refractivity (Wildman–Crippen MR) is 80.9 cm³/mol. The summed E-state index contributed by atoms with van der Waals surface area (Å²) in [6, 6.07) is 0.703. The van der Waals surface area contributed by atoms with Gasteiger partial charge in [-0.3, -0.25) is 0 Å². The second-order valence-corrected chi connectivity index (χ2v) is 5.38. The van der Waals surface area contributed by atoms with Gasteiger partial charge in [0.25, 0.3) is 0 Å². The first-order valence-electron chi connectivity index (χ1n) is 7.53. The first-order valence-corrected chi connectivity index (χ1v) is 7.53. The molecule has 0 unspecified atom stereocenters. The van der Waals surface area contributed by atoms with E-state index in [4.69, 9.17) is 4.98 Å². The van der Waals surface area contributed by atoms with E-state index in [1.54, 1.807) is 0 Å². The van der Waals surface area contributed by atoms with Gasteiger partial charge in [0, 0.05) is 24.7 Å². The lowest BCUT2D eigenvalue weighted by atomic mass is 10.2. The maximum absolute atomic E-state index is 4.70. The van der Waals surface area contributed by atoms with E-state index in [9.17, 15) is 0 Å². The maximum Gasteiger partial charge on any atom is 0.137 e. The molecule has 1 aromatic rings. The molecular formula is C15H26N4. The van der Waals surface area contributed by atoms with Gasteiger partial charge in [-0.2, -0.15) is 0 Å². The summed E-state index contributed by atoms with van der Waals surface area (Å²) < 4.78 is 0. The molecule has 0 radical (unpaired) electrons. The zero-order valence-electron chi connectivity index (χ0n) is 12.7. The Morgan fingerprint density at radius 3 is 2.53 bits per heavy atom. The molecule has 1 fully saturated rings. The summed E-state index contributed by atoms with van der Waals surface area (Å²) in [6.45, 7) is 10.5. The van der Waals surface area contributed by atoms with Crippen molar-refractivity contribution in [1.29, 1.82) is 0 Å². The number of anilines is 2. The Balaban J connectivity index is 2.29. The Kier molecular flexibility index (Phi) is 4.61. The van der Waals surface area contributed by atoms with Gasteiger partial charge >= 0.3 is 0 Å². The smallest absolute Gasteiger partial charge is 0.137 e. The fourth-order valence-corrected chi connectivity index (χ4v) is 2.41. The zero-order valence-corrected chi connectivity index (χ0v) is 12.7. The van der Waals surface area contributed by atoms with Crippen LogP contribution in [-0.4, -0.2) is 29.1 Å². The Morgan fingerprint density at radius 2 is 1.95 bits per heavy atom. The topological polar surface area (TPSA) is 41.1 Å².